The molecule has 8 heteroatoms. The Labute approximate surface area is 154 Å². The topological polar surface area (TPSA) is 82.6 Å². The van der Waals surface area contributed by atoms with E-state index in [1.807, 2.05) is 37.3 Å². The van der Waals surface area contributed by atoms with Gasteiger partial charge in [-0.2, -0.15) is 0 Å². The summed E-state index contributed by atoms with van der Waals surface area (Å²) in [5, 5.41) is 3.41. The van der Waals surface area contributed by atoms with Crippen molar-refractivity contribution in [3.8, 4) is 11.3 Å². The molecule has 7 nitrogen and oxygen atoms in total. The van der Waals surface area contributed by atoms with E-state index in [2.05, 4.69) is 10.3 Å². The van der Waals surface area contributed by atoms with E-state index in [1.54, 1.807) is 9.80 Å². The average Bonchev–Trinajstić information content (AvgIpc) is 3.06. The lowest BCUT2D eigenvalue weighted by molar-refractivity contribution is -0.148. The Kier molecular flexibility index (Phi) is 4.20. The van der Waals surface area contributed by atoms with E-state index in [0.717, 1.165) is 10.6 Å². The molecule has 0 saturated carbocycles. The zero-order valence-electron chi connectivity index (χ0n) is 14.3. The molecular weight excluding hydrogens is 352 g/mol. The standard InChI is InChI=1S/C18H18N4O3S/c1-11-20-15(12-5-3-2-4-6-12)16(26-11)18(25)21-7-8-22-13(10-21)17(24)19-9-14(22)23/h2-6,13H,7-10H2,1H3,(H,19,24)/t13-/m0/s1. The van der Waals surface area contributed by atoms with Crippen molar-refractivity contribution in [3.05, 3.63) is 40.2 Å². The van der Waals surface area contributed by atoms with Crippen molar-refractivity contribution in [2.45, 2.75) is 13.0 Å². The maximum atomic E-state index is 13.1. The van der Waals surface area contributed by atoms with Gasteiger partial charge in [0.15, 0.2) is 0 Å². The fourth-order valence-corrected chi connectivity index (χ4v) is 4.29. The van der Waals surface area contributed by atoms with Gasteiger partial charge in [0, 0.05) is 18.7 Å². The third kappa shape index (κ3) is 2.86. The molecule has 2 aromatic rings. The molecule has 1 N–H and O–H groups in total. The number of nitrogens with one attached hydrogen (secondary N) is 1. The van der Waals surface area contributed by atoms with Crippen molar-refractivity contribution in [2.24, 2.45) is 0 Å². The summed E-state index contributed by atoms with van der Waals surface area (Å²) in [6, 6.07) is 8.99. The second kappa shape index (κ2) is 6.53. The lowest BCUT2D eigenvalue weighted by atomic mass is 10.1. The van der Waals surface area contributed by atoms with Crippen molar-refractivity contribution >= 4 is 29.1 Å². The van der Waals surface area contributed by atoms with Gasteiger partial charge in [-0.1, -0.05) is 30.3 Å². The summed E-state index contributed by atoms with van der Waals surface area (Å²) >= 11 is 1.36. The van der Waals surface area contributed by atoms with Gasteiger partial charge >= 0.3 is 0 Å². The fourth-order valence-electron chi connectivity index (χ4n) is 3.38. The number of aryl methyl sites for hydroxylation is 1. The quantitative estimate of drug-likeness (QED) is 0.852. The molecule has 2 fully saturated rings. The SMILES string of the molecule is Cc1nc(-c2ccccc2)c(C(=O)N2CCN3C(=O)CNC(=O)[C@@H]3C2)s1. The van der Waals surface area contributed by atoms with Crippen LogP contribution in [0.25, 0.3) is 11.3 Å². The molecule has 2 aliphatic rings. The highest BCUT2D eigenvalue weighted by molar-refractivity contribution is 7.14. The van der Waals surface area contributed by atoms with Gasteiger partial charge in [-0.05, 0) is 6.92 Å². The zero-order valence-corrected chi connectivity index (χ0v) is 15.1. The first-order valence-corrected chi connectivity index (χ1v) is 9.25. The van der Waals surface area contributed by atoms with Gasteiger partial charge in [-0.25, -0.2) is 4.98 Å². The van der Waals surface area contributed by atoms with Crippen LogP contribution in [0.1, 0.15) is 14.7 Å². The number of amides is 3. The Morgan fingerprint density at radius 3 is 2.77 bits per heavy atom. The molecule has 0 unspecified atom stereocenters. The van der Waals surface area contributed by atoms with Gasteiger partial charge in [-0.3, -0.25) is 14.4 Å². The number of piperazine rings is 2. The van der Waals surface area contributed by atoms with Gasteiger partial charge in [0.05, 0.1) is 23.8 Å². The molecule has 4 rings (SSSR count). The molecule has 1 aromatic heterocycles. The van der Waals surface area contributed by atoms with Crippen molar-refractivity contribution in [1.29, 1.82) is 0 Å². The van der Waals surface area contributed by atoms with Crippen LogP contribution in [-0.2, 0) is 9.59 Å². The van der Waals surface area contributed by atoms with Gasteiger partial charge < -0.3 is 15.1 Å². The number of hydrogen-bond acceptors (Lipinski definition) is 5. The Morgan fingerprint density at radius 1 is 1.23 bits per heavy atom. The number of nitrogens with zero attached hydrogens (tertiary/aromatic N) is 3. The lowest BCUT2D eigenvalue weighted by Gasteiger charge is -2.42. The van der Waals surface area contributed by atoms with Crippen LogP contribution in [0.2, 0.25) is 0 Å². The molecule has 3 amide bonds. The Morgan fingerprint density at radius 2 is 2.00 bits per heavy atom. The van der Waals surface area contributed by atoms with Gasteiger partial charge in [0.25, 0.3) is 5.91 Å². The molecule has 26 heavy (non-hydrogen) atoms. The number of aromatic nitrogens is 1. The van der Waals surface area contributed by atoms with Gasteiger partial charge in [-0.15, -0.1) is 11.3 Å². The second-order valence-electron chi connectivity index (χ2n) is 6.35. The largest absolute Gasteiger partial charge is 0.345 e. The zero-order chi connectivity index (χ0) is 18.3. The molecule has 0 bridgehead atoms. The minimum Gasteiger partial charge on any atom is -0.345 e. The van der Waals surface area contributed by atoms with Crippen LogP contribution < -0.4 is 5.32 Å². The van der Waals surface area contributed by atoms with Crippen LogP contribution in [0.15, 0.2) is 30.3 Å². The summed E-state index contributed by atoms with van der Waals surface area (Å²) in [4.78, 5) is 45.5. The molecule has 0 spiro atoms. The minimum absolute atomic E-state index is 0.0372. The molecule has 2 aliphatic heterocycles. The second-order valence-corrected chi connectivity index (χ2v) is 7.55. The predicted octanol–water partition coefficient (Wildman–Crippen LogP) is 0.901. The van der Waals surface area contributed by atoms with Crippen LogP contribution >= 0.6 is 11.3 Å². The van der Waals surface area contributed by atoms with Crippen LogP contribution in [0, 0.1) is 6.92 Å². The summed E-state index contributed by atoms with van der Waals surface area (Å²) in [6.45, 7) is 2.91. The number of fused-ring (bicyclic) bond motifs is 1. The van der Waals surface area contributed by atoms with E-state index in [4.69, 9.17) is 0 Å². The third-order valence-electron chi connectivity index (χ3n) is 4.68. The van der Waals surface area contributed by atoms with Crippen molar-refractivity contribution in [1.82, 2.24) is 20.1 Å². The Balaban J connectivity index is 1.61. The number of benzene rings is 1. The molecule has 134 valence electrons. The van der Waals surface area contributed by atoms with Crippen molar-refractivity contribution in [3.63, 3.8) is 0 Å². The first-order valence-electron chi connectivity index (χ1n) is 8.44. The maximum absolute atomic E-state index is 13.1. The lowest BCUT2D eigenvalue weighted by Crippen LogP contribution is -2.66. The molecule has 3 heterocycles. The van der Waals surface area contributed by atoms with E-state index >= 15 is 0 Å². The van der Waals surface area contributed by atoms with Crippen LogP contribution in [0.3, 0.4) is 0 Å². The third-order valence-corrected chi connectivity index (χ3v) is 5.64. The van der Waals surface area contributed by atoms with Gasteiger partial charge in [0.2, 0.25) is 11.8 Å². The Hall–Kier alpha value is -2.74. The normalized spacial score (nSPS) is 20.0. The highest BCUT2D eigenvalue weighted by Crippen LogP contribution is 2.30. The molecule has 2 saturated heterocycles. The van der Waals surface area contributed by atoms with E-state index in [1.165, 1.54) is 11.3 Å². The maximum Gasteiger partial charge on any atom is 0.266 e. The van der Waals surface area contributed by atoms with E-state index < -0.39 is 6.04 Å². The highest BCUT2D eigenvalue weighted by atomic mass is 32.1. The van der Waals surface area contributed by atoms with E-state index in [0.29, 0.717) is 23.7 Å². The monoisotopic (exact) mass is 370 g/mol. The number of hydrogen-bond donors (Lipinski definition) is 1. The number of carbonyl (C=O) groups is 3. The van der Waals surface area contributed by atoms with Gasteiger partial charge in [0.1, 0.15) is 10.9 Å². The minimum atomic E-state index is -0.608. The highest BCUT2D eigenvalue weighted by Gasteiger charge is 2.40. The molecule has 0 radical (unpaired) electrons. The number of carbonyl (C=O) groups excluding carboxylic acids is 3. The van der Waals surface area contributed by atoms with Crippen LogP contribution in [0.4, 0.5) is 0 Å². The first-order chi connectivity index (χ1) is 12.5. The summed E-state index contributed by atoms with van der Waals surface area (Å²) in [7, 11) is 0. The van der Waals surface area contributed by atoms with Crippen LogP contribution in [-0.4, -0.2) is 64.7 Å². The number of thiazole rings is 1. The van der Waals surface area contributed by atoms with E-state index in [-0.39, 0.29) is 30.8 Å². The summed E-state index contributed by atoms with van der Waals surface area (Å²) in [5.41, 5.74) is 1.56. The summed E-state index contributed by atoms with van der Waals surface area (Å²) in [5.74, 6) is -0.439. The summed E-state index contributed by atoms with van der Waals surface area (Å²) < 4.78 is 0. The molecular formula is C18H18N4O3S. The van der Waals surface area contributed by atoms with Crippen molar-refractivity contribution < 1.29 is 14.4 Å². The van der Waals surface area contributed by atoms with E-state index in [9.17, 15) is 14.4 Å². The summed E-state index contributed by atoms with van der Waals surface area (Å²) in [6.07, 6.45) is 0. The smallest absolute Gasteiger partial charge is 0.266 e. The molecule has 1 aromatic carbocycles. The van der Waals surface area contributed by atoms with Crippen molar-refractivity contribution in [2.75, 3.05) is 26.2 Å². The van der Waals surface area contributed by atoms with Crippen LogP contribution in [0.5, 0.6) is 0 Å². The molecule has 0 aliphatic carbocycles. The fraction of sp³-hybridized carbons (Fsp3) is 0.333. The first kappa shape index (κ1) is 16.7. The average molecular weight is 370 g/mol. The Bertz CT molecular complexity index is 880. The molecule has 1 atom stereocenters. The predicted molar refractivity (Wildman–Crippen MR) is 96.7 cm³/mol. The number of rotatable bonds is 2.